The fraction of sp³-hybridized carbons (Fsp3) is 0.308. The second-order valence-corrected chi connectivity index (χ2v) is 9.55. The number of fused-ring (bicyclic) bond motifs is 4. The molecule has 188 valence electrons. The minimum atomic E-state index is -0.961. The lowest BCUT2D eigenvalue weighted by Crippen LogP contribution is -2.51. The van der Waals surface area contributed by atoms with Crippen LogP contribution in [0.2, 0.25) is 0 Å². The lowest BCUT2D eigenvalue weighted by molar-refractivity contribution is -0.148. The van der Waals surface area contributed by atoms with Gasteiger partial charge in [-0.1, -0.05) is 0 Å². The minimum Gasteiger partial charge on any atom is -0.481 e. The summed E-state index contributed by atoms with van der Waals surface area (Å²) in [6.45, 7) is 0. The number of anilines is 1. The number of hydrogen-bond acceptors (Lipinski definition) is 6. The highest BCUT2D eigenvalue weighted by molar-refractivity contribution is 5.95. The highest BCUT2D eigenvalue weighted by atomic mass is 19.1. The first-order valence-electron chi connectivity index (χ1n) is 11.9. The van der Waals surface area contributed by atoms with E-state index in [-0.39, 0.29) is 56.8 Å². The molecule has 3 aliphatic carbocycles. The largest absolute Gasteiger partial charge is 0.481 e. The zero-order chi connectivity index (χ0) is 25.8. The number of nitrogens with one attached hydrogen (secondary N) is 2. The molecule has 11 heteroatoms. The summed E-state index contributed by atoms with van der Waals surface area (Å²) in [5, 5.41) is 29.6. The van der Waals surface area contributed by atoms with E-state index in [1.165, 1.54) is 18.4 Å². The molecule has 0 saturated heterocycles. The molecule has 1 aromatic carbocycles. The van der Waals surface area contributed by atoms with Crippen LogP contribution < -0.4 is 5.32 Å². The number of carbonyl (C=O) groups is 1. The molecule has 7 rings (SSSR count). The van der Waals surface area contributed by atoms with E-state index >= 15 is 4.39 Å². The van der Waals surface area contributed by atoms with E-state index in [1.807, 2.05) is 6.07 Å². The number of furan rings is 1. The fourth-order valence-electron chi connectivity index (χ4n) is 5.99. The molecule has 37 heavy (non-hydrogen) atoms. The van der Waals surface area contributed by atoms with Gasteiger partial charge in [-0.05, 0) is 55.7 Å². The van der Waals surface area contributed by atoms with Gasteiger partial charge in [0.2, 0.25) is 0 Å². The van der Waals surface area contributed by atoms with E-state index < -0.39 is 35.4 Å². The van der Waals surface area contributed by atoms with Gasteiger partial charge in [-0.25, -0.2) is 18.2 Å². The second kappa shape index (κ2) is 8.65. The number of halogens is 3. The van der Waals surface area contributed by atoms with Crippen LogP contribution in [-0.4, -0.2) is 32.3 Å². The molecular formula is C26H20F3N5O3. The van der Waals surface area contributed by atoms with E-state index in [4.69, 9.17) is 4.42 Å². The summed E-state index contributed by atoms with van der Waals surface area (Å²) in [4.78, 5) is 16.5. The SMILES string of the molecule is N#Cc1c(-c2n[nH]c3c(F)cc(F)cc23)nc(N[C@H]2C3CCC(CC3)[C@@H]2C(=O)O)c(F)c1-c1ccco1. The van der Waals surface area contributed by atoms with Crippen molar-refractivity contribution in [3.8, 4) is 28.8 Å². The van der Waals surface area contributed by atoms with E-state index in [2.05, 4.69) is 20.5 Å². The number of aliphatic carboxylic acids is 1. The number of carboxylic acids is 1. The first-order valence-corrected chi connectivity index (χ1v) is 11.9. The van der Waals surface area contributed by atoms with Crippen molar-refractivity contribution in [2.24, 2.45) is 17.8 Å². The van der Waals surface area contributed by atoms with Crippen LogP contribution in [0.5, 0.6) is 0 Å². The van der Waals surface area contributed by atoms with E-state index in [9.17, 15) is 23.9 Å². The number of aromatic nitrogens is 3. The predicted molar refractivity (Wildman–Crippen MR) is 126 cm³/mol. The van der Waals surface area contributed by atoms with Crippen molar-refractivity contribution < 1.29 is 27.5 Å². The molecule has 3 aliphatic rings. The number of rotatable bonds is 5. The Labute approximate surface area is 208 Å². The Morgan fingerprint density at radius 1 is 1.16 bits per heavy atom. The third-order valence-corrected chi connectivity index (χ3v) is 7.64. The zero-order valence-corrected chi connectivity index (χ0v) is 19.3. The topological polar surface area (TPSA) is 128 Å². The van der Waals surface area contributed by atoms with Crippen LogP contribution >= 0.6 is 0 Å². The summed E-state index contributed by atoms with van der Waals surface area (Å²) < 4.78 is 49.9. The molecule has 3 aromatic heterocycles. The van der Waals surface area contributed by atoms with Gasteiger partial charge in [0.25, 0.3) is 0 Å². The van der Waals surface area contributed by atoms with Crippen molar-refractivity contribution >= 4 is 22.7 Å². The van der Waals surface area contributed by atoms with Crippen molar-refractivity contribution in [1.82, 2.24) is 15.2 Å². The van der Waals surface area contributed by atoms with Gasteiger partial charge in [-0.3, -0.25) is 9.89 Å². The number of hydrogen-bond donors (Lipinski definition) is 3. The summed E-state index contributed by atoms with van der Waals surface area (Å²) in [6, 6.07) is 6.09. The van der Waals surface area contributed by atoms with Crippen LogP contribution in [-0.2, 0) is 4.79 Å². The minimum absolute atomic E-state index is 0.00728. The predicted octanol–water partition coefficient (Wildman–Crippen LogP) is 5.48. The number of H-pyrrole nitrogens is 1. The Hall–Kier alpha value is -4.33. The third-order valence-electron chi connectivity index (χ3n) is 7.64. The van der Waals surface area contributed by atoms with Crippen LogP contribution in [0, 0.1) is 46.5 Å². The molecule has 0 aliphatic heterocycles. The number of nitrogens with zero attached hydrogens (tertiary/aromatic N) is 3. The summed E-state index contributed by atoms with van der Waals surface area (Å²) >= 11 is 0. The first-order chi connectivity index (χ1) is 17.9. The van der Waals surface area contributed by atoms with Gasteiger partial charge >= 0.3 is 5.97 Å². The molecule has 3 heterocycles. The Morgan fingerprint density at radius 2 is 1.92 bits per heavy atom. The molecule has 8 nitrogen and oxygen atoms in total. The van der Waals surface area contributed by atoms with Gasteiger partial charge in [0, 0.05) is 17.5 Å². The fourth-order valence-corrected chi connectivity index (χ4v) is 5.99. The van der Waals surface area contributed by atoms with Crippen molar-refractivity contribution in [2.45, 2.75) is 31.7 Å². The van der Waals surface area contributed by atoms with Gasteiger partial charge in [-0.2, -0.15) is 10.4 Å². The molecule has 0 radical (unpaired) electrons. The monoisotopic (exact) mass is 507 g/mol. The van der Waals surface area contributed by atoms with Gasteiger partial charge in [0.05, 0.1) is 23.3 Å². The molecule has 2 bridgehead atoms. The second-order valence-electron chi connectivity index (χ2n) is 9.55. The maximum absolute atomic E-state index is 16.0. The lowest BCUT2D eigenvalue weighted by atomic mass is 9.61. The third kappa shape index (κ3) is 3.63. The number of nitriles is 1. The van der Waals surface area contributed by atoms with E-state index in [1.54, 1.807) is 0 Å². The average molecular weight is 507 g/mol. The molecule has 2 atom stereocenters. The van der Waals surface area contributed by atoms with Crippen molar-refractivity contribution in [1.29, 1.82) is 5.26 Å². The first kappa shape index (κ1) is 23.1. The molecule has 3 fully saturated rings. The summed E-state index contributed by atoms with van der Waals surface area (Å²) in [6.07, 6.45) is 4.53. The van der Waals surface area contributed by atoms with Crippen molar-refractivity contribution in [3.63, 3.8) is 0 Å². The summed E-state index contributed by atoms with van der Waals surface area (Å²) in [7, 11) is 0. The Kier molecular flexibility index (Phi) is 5.40. The number of benzene rings is 1. The zero-order valence-electron chi connectivity index (χ0n) is 19.3. The normalized spacial score (nSPS) is 22.8. The number of pyridine rings is 1. The Morgan fingerprint density at radius 3 is 2.59 bits per heavy atom. The molecule has 3 N–H and O–H groups in total. The molecule has 0 amide bonds. The van der Waals surface area contributed by atoms with Gasteiger partial charge in [0.1, 0.15) is 34.6 Å². The van der Waals surface area contributed by atoms with Crippen molar-refractivity contribution in [3.05, 3.63) is 53.5 Å². The quantitative estimate of drug-likeness (QED) is 0.327. The van der Waals surface area contributed by atoms with Crippen LogP contribution in [0.15, 0.2) is 34.9 Å². The Bertz CT molecular complexity index is 1570. The summed E-state index contributed by atoms with van der Waals surface area (Å²) in [5.74, 6) is -4.60. The van der Waals surface area contributed by atoms with E-state index in [0.717, 1.165) is 31.7 Å². The highest BCUT2D eigenvalue weighted by Gasteiger charge is 2.48. The number of aromatic amines is 1. The molecular weight excluding hydrogens is 487 g/mol. The van der Waals surface area contributed by atoms with Crippen LogP contribution in [0.4, 0.5) is 19.0 Å². The standard InChI is InChI=1S/C26H20F3N5O3/c27-13-8-14-22(16(28)9-13)33-34-24(14)23-15(10-30)19(17-2-1-7-37-17)20(29)25(32-23)31-21-12-5-3-11(4-6-12)18(21)26(35)36/h1-2,7-9,11-12,18,21H,3-6H2,(H,31,32)(H,33,34)(H,35,36)/t11?,12?,18-,21-/m0/s1. The van der Waals surface area contributed by atoms with E-state index in [0.29, 0.717) is 6.07 Å². The molecule has 3 saturated carbocycles. The van der Waals surface area contributed by atoms with Gasteiger partial charge in [0.15, 0.2) is 17.5 Å². The average Bonchev–Trinajstić information content (AvgIpc) is 3.56. The molecule has 0 spiro atoms. The molecule has 0 unspecified atom stereocenters. The smallest absolute Gasteiger partial charge is 0.308 e. The van der Waals surface area contributed by atoms with Gasteiger partial charge < -0.3 is 14.8 Å². The van der Waals surface area contributed by atoms with Crippen molar-refractivity contribution in [2.75, 3.05) is 5.32 Å². The number of carboxylic acid groups (broad SMARTS) is 1. The van der Waals surface area contributed by atoms with Crippen LogP contribution in [0.1, 0.15) is 31.2 Å². The maximum atomic E-state index is 16.0. The molecule has 4 aromatic rings. The van der Waals surface area contributed by atoms with Crippen LogP contribution in [0.25, 0.3) is 33.6 Å². The van der Waals surface area contributed by atoms with Gasteiger partial charge in [-0.15, -0.1) is 0 Å². The van der Waals surface area contributed by atoms with Crippen LogP contribution in [0.3, 0.4) is 0 Å². The summed E-state index contributed by atoms with van der Waals surface area (Å²) in [5.41, 5.74) is -0.726. The highest BCUT2D eigenvalue weighted by Crippen LogP contribution is 2.47. The Balaban J connectivity index is 1.57. The lowest BCUT2D eigenvalue weighted by Gasteiger charge is -2.47. The maximum Gasteiger partial charge on any atom is 0.308 e.